The van der Waals surface area contributed by atoms with Crippen LogP contribution in [0.25, 0.3) is 34.3 Å². The number of nitrogens with zero attached hydrogens (tertiary/aromatic N) is 3. The average molecular weight is 399 g/mol. The third kappa shape index (κ3) is 4.07. The van der Waals surface area contributed by atoms with Crippen LogP contribution in [0.2, 0.25) is 0 Å². The average Bonchev–Trinajstić information content (AvgIpc) is 3.30. The molecular formula is C28H21N3. The van der Waals surface area contributed by atoms with E-state index in [0.717, 1.165) is 39.3 Å². The van der Waals surface area contributed by atoms with E-state index in [1.807, 2.05) is 72.8 Å². The molecule has 0 amide bonds. The molecule has 148 valence electrons. The van der Waals surface area contributed by atoms with Gasteiger partial charge in [-0.3, -0.25) is 0 Å². The van der Waals surface area contributed by atoms with Crippen LogP contribution < -0.4 is 0 Å². The molecule has 0 N–H and O–H groups in total. The quantitative estimate of drug-likeness (QED) is 0.309. The van der Waals surface area contributed by atoms with Gasteiger partial charge < -0.3 is 0 Å². The van der Waals surface area contributed by atoms with Crippen LogP contribution in [0.15, 0.2) is 121 Å². The van der Waals surface area contributed by atoms with E-state index >= 15 is 0 Å². The Hall–Kier alpha value is -4.24. The van der Waals surface area contributed by atoms with Gasteiger partial charge in [0.25, 0.3) is 0 Å². The molecule has 1 heterocycles. The highest BCUT2D eigenvalue weighted by Gasteiger charge is 2.17. The molecule has 0 aliphatic rings. The van der Waals surface area contributed by atoms with Gasteiger partial charge in [-0.15, -0.1) is 15.0 Å². The summed E-state index contributed by atoms with van der Waals surface area (Å²) in [5.41, 5.74) is 6.88. The van der Waals surface area contributed by atoms with Gasteiger partial charge in [0.15, 0.2) is 0 Å². The van der Waals surface area contributed by atoms with Crippen LogP contribution in [0.1, 0.15) is 11.1 Å². The first kappa shape index (κ1) is 18.8. The monoisotopic (exact) mass is 399 g/mol. The van der Waals surface area contributed by atoms with Crippen molar-refractivity contribution in [3.05, 3.63) is 132 Å². The summed E-state index contributed by atoms with van der Waals surface area (Å²) in [6, 6.07) is 41.0. The van der Waals surface area contributed by atoms with Crippen molar-refractivity contribution < 1.29 is 0 Å². The number of hydrogen-bond acceptors (Lipinski definition) is 2. The van der Waals surface area contributed by atoms with Crippen molar-refractivity contribution in [2.45, 2.75) is 0 Å². The van der Waals surface area contributed by atoms with Crippen molar-refractivity contribution in [3.8, 4) is 22.5 Å². The van der Waals surface area contributed by atoms with Crippen LogP contribution in [-0.2, 0) is 0 Å². The zero-order chi connectivity index (χ0) is 20.9. The first-order valence-corrected chi connectivity index (χ1v) is 10.3. The van der Waals surface area contributed by atoms with E-state index in [1.165, 1.54) is 0 Å². The maximum Gasteiger partial charge on any atom is 0.121 e. The summed E-state index contributed by atoms with van der Waals surface area (Å²) in [6.07, 6.45) is 2.12. The van der Waals surface area contributed by atoms with E-state index in [1.54, 1.807) is 4.80 Å². The van der Waals surface area contributed by atoms with E-state index in [-0.39, 0.29) is 0 Å². The molecule has 0 radical (unpaired) electrons. The highest BCUT2D eigenvalue weighted by Crippen LogP contribution is 2.31. The molecule has 0 aliphatic carbocycles. The van der Waals surface area contributed by atoms with E-state index in [9.17, 15) is 0 Å². The Balaban J connectivity index is 1.72. The molecule has 0 bridgehead atoms. The van der Waals surface area contributed by atoms with Crippen molar-refractivity contribution in [1.29, 1.82) is 0 Å². The fraction of sp³-hybridized carbons (Fsp3) is 0. The standard InChI is InChI=1S/C28H21N3/c1-5-13-22(14-6-1)21-26(23-15-7-2-8-16-23)31-29-27(24-17-9-3-10-18-24)28(30-31)25-19-11-4-12-20-25/h1-21H/b26-21-. The van der Waals surface area contributed by atoms with Gasteiger partial charge in [0.2, 0.25) is 0 Å². The number of rotatable bonds is 5. The third-order valence-corrected chi connectivity index (χ3v) is 5.10. The van der Waals surface area contributed by atoms with Crippen LogP contribution in [0.5, 0.6) is 0 Å². The summed E-state index contributed by atoms with van der Waals surface area (Å²) in [5, 5.41) is 9.93. The minimum absolute atomic E-state index is 0.863. The second-order valence-electron chi connectivity index (χ2n) is 7.22. The number of benzene rings is 4. The van der Waals surface area contributed by atoms with Gasteiger partial charge >= 0.3 is 0 Å². The fourth-order valence-electron chi connectivity index (χ4n) is 3.57. The Labute approximate surface area is 181 Å². The topological polar surface area (TPSA) is 30.7 Å². The summed E-state index contributed by atoms with van der Waals surface area (Å²) in [5.74, 6) is 0. The molecule has 5 rings (SSSR count). The fourth-order valence-corrected chi connectivity index (χ4v) is 3.57. The summed E-state index contributed by atoms with van der Waals surface area (Å²) in [7, 11) is 0. The lowest BCUT2D eigenvalue weighted by molar-refractivity contribution is 0.779. The number of aromatic nitrogens is 3. The molecule has 0 saturated heterocycles. The van der Waals surface area contributed by atoms with E-state index in [4.69, 9.17) is 10.2 Å². The Morgan fingerprint density at radius 3 is 1.42 bits per heavy atom. The SMILES string of the molecule is C(=C(\c1ccccc1)n1nc(-c2ccccc2)c(-c2ccccc2)n1)/c1ccccc1. The van der Waals surface area contributed by atoms with Crippen molar-refractivity contribution in [2.24, 2.45) is 0 Å². The Morgan fingerprint density at radius 1 is 0.516 bits per heavy atom. The van der Waals surface area contributed by atoms with Crippen molar-refractivity contribution in [2.75, 3.05) is 0 Å². The van der Waals surface area contributed by atoms with E-state index < -0.39 is 0 Å². The van der Waals surface area contributed by atoms with Crippen molar-refractivity contribution >= 4 is 11.8 Å². The van der Waals surface area contributed by atoms with Gasteiger partial charge in [0.05, 0.1) is 5.70 Å². The molecular weight excluding hydrogens is 378 g/mol. The summed E-state index contributed by atoms with van der Waals surface area (Å²) in [6.45, 7) is 0. The van der Waals surface area contributed by atoms with Gasteiger partial charge in [0, 0.05) is 16.7 Å². The van der Waals surface area contributed by atoms with E-state index in [2.05, 4.69) is 54.6 Å². The zero-order valence-corrected chi connectivity index (χ0v) is 17.0. The van der Waals surface area contributed by atoms with Crippen molar-refractivity contribution in [1.82, 2.24) is 15.0 Å². The first-order chi connectivity index (χ1) is 15.4. The van der Waals surface area contributed by atoms with Crippen LogP contribution in [-0.4, -0.2) is 15.0 Å². The first-order valence-electron chi connectivity index (χ1n) is 10.3. The Bertz CT molecular complexity index is 1230. The Morgan fingerprint density at radius 2 is 0.935 bits per heavy atom. The van der Waals surface area contributed by atoms with Crippen LogP contribution >= 0.6 is 0 Å². The molecule has 0 aliphatic heterocycles. The molecule has 0 saturated carbocycles. The molecule has 0 spiro atoms. The number of hydrogen-bond donors (Lipinski definition) is 0. The molecule has 0 fully saturated rings. The van der Waals surface area contributed by atoms with Gasteiger partial charge in [0.1, 0.15) is 11.4 Å². The molecule has 4 aromatic carbocycles. The summed E-state index contributed by atoms with van der Waals surface area (Å²) < 4.78 is 0. The Kier molecular flexibility index (Phi) is 5.23. The maximum atomic E-state index is 4.97. The van der Waals surface area contributed by atoms with E-state index in [0.29, 0.717) is 0 Å². The minimum Gasteiger partial charge on any atom is -0.150 e. The predicted octanol–water partition coefficient (Wildman–Crippen LogP) is 6.66. The second kappa shape index (κ2) is 8.64. The highest BCUT2D eigenvalue weighted by atomic mass is 15.5. The molecule has 0 atom stereocenters. The van der Waals surface area contributed by atoms with Gasteiger partial charge in [-0.2, -0.15) is 0 Å². The molecule has 31 heavy (non-hydrogen) atoms. The largest absolute Gasteiger partial charge is 0.150 e. The molecule has 5 aromatic rings. The van der Waals surface area contributed by atoms with Gasteiger partial charge in [-0.1, -0.05) is 121 Å². The molecule has 1 aromatic heterocycles. The normalized spacial score (nSPS) is 11.4. The highest BCUT2D eigenvalue weighted by molar-refractivity contribution is 5.83. The van der Waals surface area contributed by atoms with Crippen molar-refractivity contribution in [3.63, 3.8) is 0 Å². The molecule has 0 unspecified atom stereocenters. The van der Waals surface area contributed by atoms with Gasteiger partial charge in [-0.25, -0.2) is 0 Å². The van der Waals surface area contributed by atoms with Gasteiger partial charge in [-0.05, 0) is 11.6 Å². The maximum absolute atomic E-state index is 4.97. The lowest BCUT2D eigenvalue weighted by atomic mass is 10.1. The van der Waals surface area contributed by atoms with Crippen LogP contribution in [0.3, 0.4) is 0 Å². The molecule has 3 heteroatoms. The van der Waals surface area contributed by atoms with Crippen LogP contribution in [0, 0.1) is 0 Å². The smallest absolute Gasteiger partial charge is 0.121 e. The third-order valence-electron chi connectivity index (χ3n) is 5.10. The lowest BCUT2D eigenvalue weighted by Gasteiger charge is -2.07. The van der Waals surface area contributed by atoms with Crippen LogP contribution in [0.4, 0.5) is 0 Å². The second-order valence-corrected chi connectivity index (χ2v) is 7.22. The zero-order valence-electron chi connectivity index (χ0n) is 17.0. The molecule has 3 nitrogen and oxygen atoms in total. The predicted molar refractivity (Wildman–Crippen MR) is 127 cm³/mol. The summed E-state index contributed by atoms with van der Waals surface area (Å²) >= 11 is 0. The lowest BCUT2D eigenvalue weighted by Crippen LogP contribution is -2.03. The summed E-state index contributed by atoms with van der Waals surface area (Å²) in [4.78, 5) is 1.76. The minimum atomic E-state index is 0.863.